The lowest BCUT2D eigenvalue weighted by atomic mass is 10.1. The van der Waals surface area contributed by atoms with Crippen molar-refractivity contribution in [3.63, 3.8) is 0 Å². The molecule has 0 radical (unpaired) electrons. The van der Waals surface area contributed by atoms with Crippen LogP contribution in [0.15, 0.2) is 48.5 Å². The van der Waals surface area contributed by atoms with Gasteiger partial charge < -0.3 is 10.4 Å². The number of hydrogen-bond acceptors (Lipinski definition) is 2. The van der Waals surface area contributed by atoms with Gasteiger partial charge in [0.15, 0.2) is 0 Å². The summed E-state index contributed by atoms with van der Waals surface area (Å²) in [4.78, 5) is 11.0. The molecule has 0 aliphatic rings. The largest absolute Gasteiger partial charge is 0.478 e. The van der Waals surface area contributed by atoms with Crippen LogP contribution in [0.2, 0.25) is 0 Å². The molecular formula is C14H12INO2. The van der Waals surface area contributed by atoms with Gasteiger partial charge in [-0.05, 0) is 58.5 Å². The molecule has 2 aromatic carbocycles. The number of rotatable bonds is 4. The number of hydrogen-bond donors (Lipinski definition) is 2. The van der Waals surface area contributed by atoms with Gasteiger partial charge in [-0.25, -0.2) is 4.79 Å². The fourth-order valence-corrected chi connectivity index (χ4v) is 2.01. The number of carbonyl (C=O) groups is 1. The Hall–Kier alpha value is -1.56. The van der Waals surface area contributed by atoms with E-state index in [0.717, 1.165) is 11.3 Å². The Bertz CT molecular complexity index is 552. The molecule has 0 saturated carbocycles. The second-order valence-electron chi connectivity index (χ2n) is 3.82. The van der Waals surface area contributed by atoms with Gasteiger partial charge in [0, 0.05) is 15.8 Å². The highest BCUT2D eigenvalue weighted by atomic mass is 127. The van der Waals surface area contributed by atoms with Crippen molar-refractivity contribution in [2.75, 3.05) is 5.32 Å². The molecule has 2 aromatic rings. The number of aromatic carboxylic acids is 1. The van der Waals surface area contributed by atoms with Crippen LogP contribution in [-0.2, 0) is 6.54 Å². The average molecular weight is 353 g/mol. The molecule has 0 bridgehead atoms. The van der Waals surface area contributed by atoms with Crippen molar-refractivity contribution in [3.8, 4) is 0 Å². The molecule has 0 aliphatic heterocycles. The molecule has 0 heterocycles. The first kappa shape index (κ1) is 12.9. The lowest BCUT2D eigenvalue weighted by Gasteiger charge is -2.09. The molecule has 3 nitrogen and oxygen atoms in total. The monoisotopic (exact) mass is 353 g/mol. The highest BCUT2D eigenvalue weighted by molar-refractivity contribution is 14.1. The van der Waals surface area contributed by atoms with Crippen LogP contribution in [0.5, 0.6) is 0 Å². The van der Waals surface area contributed by atoms with Crippen LogP contribution in [0.3, 0.4) is 0 Å². The molecular weight excluding hydrogens is 341 g/mol. The summed E-state index contributed by atoms with van der Waals surface area (Å²) in [5.74, 6) is -0.894. The Labute approximate surface area is 119 Å². The molecule has 0 unspecified atom stereocenters. The molecule has 0 spiro atoms. The van der Waals surface area contributed by atoms with Crippen molar-refractivity contribution >= 4 is 34.2 Å². The van der Waals surface area contributed by atoms with E-state index < -0.39 is 5.97 Å². The number of anilines is 1. The number of halogens is 1. The SMILES string of the molecule is O=C(O)c1ccccc1CNc1ccc(I)cc1. The van der Waals surface area contributed by atoms with Crippen molar-refractivity contribution in [2.24, 2.45) is 0 Å². The second kappa shape index (κ2) is 5.86. The van der Waals surface area contributed by atoms with E-state index in [1.807, 2.05) is 36.4 Å². The first-order valence-electron chi connectivity index (χ1n) is 5.47. The molecule has 2 rings (SSSR count). The Balaban J connectivity index is 2.10. The molecule has 0 saturated heterocycles. The van der Waals surface area contributed by atoms with Crippen LogP contribution < -0.4 is 5.32 Å². The zero-order valence-corrected chi connectivity index (χ0v) is 11.7. The lowest BCUT2D eigenvalue weighted by molar-refractivity contribution is 0.0696. The van der Waals surface area contributed by atoms with Gasteiger partial charge in [-0.15, -0.1) is 0 Å². The number of carboxylic acids is 1. The fraction of sp³-hybridized carbons (Fsp3) is 0.0714. The molecule has 18 heavy (non-hydrogen) atoms. The number of benzene rings is 2. The summed E-state index contributed by atoms with van der Waals surface area (Å²) in [5, 5.41) is 12.3. The zero-order chi connectivity index (χ0) is 13.0. The summed E-state index contributed by atoms with van der Waals surface area (Å²) < 4.78 is 1.17. The van der Waals surface area contributed by atoms with E-state index in [2.05, 4.69) is 27.9 Å². The summed E-state index contributed by atoms with van der Waals surface area (Å²) in [6, 6.07) is 15.0. The normalized spacial score (nSPS) is 10.1. The Morgan fingerprint density at radius 1 is 1.11 bits per heavy atom. The van der Waals surface area contributed by atoms with E-state index in [0.29, 0.717) is 12.1 Å². The highest BCUT2D eigenvalue weighted by Gasteiger charge is 2.08. The molecule has 4 heteroatoms. The Kier molecular flexibility index (Phi) is 4.19. The summed E-state index contributed by atoms with van der Waals surface area (Å²) in [6.45, 7) is 0.503. The van der Waals surface area contributed by atoms with E-state index in [1.54, 1.807) is 12.1 Å². The molecule has 0 fully saturated rings. The van der Waals surface area contributed by atoms with Gasteiger partial charge in [-0.1, -0.05) is 18.2 Å². The van der Waals surface area contributed by atoms with Gasteiger partial charge in [-0.3, -0.25) is 0 Å². The van der Waals surface area contributed by atoms with E-state index in [9.17, 15) is 4.79 Å². The van der Waals surface area contributed by atoms with Crippen LogP contribution in [0.25, 0.3) is 0 Å². The summed E-state index contributed by atoms with van der Waals surface area (Å²) in [5.41, 5.74) is 2.11. The lowest BCUT2D eigenvalue weighted by Crippen LogP contribution is -2.06. The minimum atomic E-state index is -0.894. The van der Waals surface area contributed by atoms with Crippen molar-refractivity contribution in [2.45, 2.75) is 6.54 Å². The summed E-state index contributed by atoms with van der Waals surface area (Å²) in [7, 11) is 0. The topological polar surface area (TPSA) is 49.3 Å². The van der Waals surface area contributed by atoms with Gasteiger partial charge >= 0.3 is 5.97 Å². The van der Waals surface area contributed by atoms with Crippen molar-refractivity contribution in [1.82, 2.24) is 0 Å². The molecule has 92 valence electrons. The molecule has 0 amide bonds. The minimum Gasteiger partial charge on any atom is -0.478 e. The standard InChI is InChI=1S/C14H12INO2/c15-11-5-7-12(8-6-11)16-9-10-3-1-2-4-13(10)14(17)18/h1-8,16H,9H2,(H,17,18). The van der Waals surface area contributed by atoms with Gasteiger partial charge in [0.05, 0.1) is 5.56 Å². The minimum absolute atomic E-state index is 0.343. The quantitative estimate of drug-likeness (QED) is 0.826. The molecule has 0 atom stereocenters. The van der Waals surface area contributed by atoms with Crippen LogP contribution in [0, 0.1) is 3.57 Å². The molecule has 0 aromatic heterocycles. The molecule has 0 aliphatic carbocycles. The Morgan fingerprint density at radius 3 is 2.44 bits per heavy atom. The van der Waals surface area contributed by atoms with Crippen molar-refractivity contribution in [3.05, 3.63) is 63.2 Å². The van der Waals surface area contributed by atoms with E-state index >= 15 is 0 Å². The van der Waals surface area contributed by atoms with Gasteiger partial charge in [0.2, 0.25) is 0 Å². The predicted molar refractivity (Wildman–Crippen MR) is 79.9 cm³/mol. The van der Waals surface area contributed by atoms with Crippen LogP contribution >= 0.6 is 22.6 Å². The maximum absolute atomic E-state index is 11.0. The third-order valence-electron chi connectivity index (χ3n) is 2.57. The summed E-state index contributed by atoms with van der Waals surface area (Å²) >= 11 is 2.24. The van der Waals surface area contributed by atoms with E-state index in [4.69, 9.17) is 5.11 Å². The third kappa shape index (κ3) is 3.22. The Morgan fingerprint density at radius 2 is 1.78 bits per heavy atom. The first-order valence-corrected chi connectivity index (χ1v) is 6.55. The highest BCUT2D eigenvalue weighted by Crippen LogP contribution is 2.14. The molecule has 2 N–H and O–H groups in total. The van der Waals surface area contributed by atoms with E-state index in [-0.39, 0.29) is 0 Å². The van der Waals surface area contributed by atoms with Crippen molar-refractivity contribution < 1.29 is 9.90 Å². The van der Waals surface area contributed by atoms with Crippen LogP contribution in [-0.4, -0.2) is 11.1 Å². The number of nitrogens with one attached hydrogen (secondary N) is 1. The first-order chi connectivity index (χ1) is 8.66. The van der Waals surface area contributed by atoms with Gasteiger partial charge in [0.1, 0.15) is 0 Å². The zero-order valence-electron chi connectivity index (χ0n) is 9.56. The van der Waals surface area contributed by atoms with Crippen molar-refractivity contribution in [1.29, 1.82) is 0 Å². The summed E-state index contributed by atoms with van der Waals surface area (Å²) in [6.07, 6.45) is 0. The third-order valence-corrected chi connectivity index (χ3v) is 3.29. The second-order valence-corrected chi connectivity index (χ2v) is 5.07. The number of carboxylic acid groups (broad SMARTS) is 1. The van der Waals surface area contributed by atoms with Crippen LogP contribution in [0.1, 0.15) is 15.9 Å². The van der Waals surface area contributed by atoms with Gasteiger partial charge in [-0.2, -0.15) is 0 Å². The fourth-order valence-electron chi connectivity index (χ4n) is 1.65. The predicted octanol–water partition coefficient (Wildman–Crippen LogP) is 3.60. The van der Waals surface area contributed by atoms with Crippen LogP contribution in [0.4, 0.5) is 5.69 Å². The maximum atomic E-state index is 11.0. The smallest absolute Gasteiger partial charge is 0.336 e. The van der Waals surface area contributed by atoms with E-state index in [1.165, 1.54) is 3.57 Å². The van der Waals surface area contributed by atoms with Gasteiger partial charge in [0.25, 0.3) is 0 Å². The average Bonchev–Trinajstić information content (AvgIpc) is 2.38. The maximum Gasteiger partial charge on any atom is 0.336 e.